The third-order valence-corrected chi connectivity index (χ3v) is 8.25. The molecule has 0 unspecified atom stereocenters. The molecule has 188 valence electrons. The molecular weight excluding hydrogens is 473 g/mol. The summed E-state index contributed by atoms with van der Waals surface area (Å²) in [5, 5.41) is 0. The molecular formula is C26H31F3N4OS. The van der Waals surface area contributed by atoms with Crippen LogP contribution >= 0.6 is 11.8 Å². The average Bonchev–Trinajstić information content (AvgIpc) is 2.82. The number of benzene rings is 2. The van der Waals surface area contributed by atoms with Gasteiger partial charge >= 0.3 is 6.18 Å². The first-order valence-corrected chi connectivity index (χ1v) is 13.2. The van der Waals surface area contributed by atoms with Crippen LogP contribution in [0.15, 0.2) is 52.3 Å². The predicted molar refractivity (Wildman–Crippen MR) is 132 cm³/mol. The summed E-state index contributed by atoms with van der Waals surface area (Å²) in [5.41, 5.74) is 0.971. The molecule has 0 bridgehead atoms. The van der Waals surface area contributed by atoms with E-state index in [0.29, 0.717) is 18.7 Å². The maximum atomic E-state index is 13.4. The third-order valence-electron chi connectivity index (χ3n) is 7.12. The van der Waals surface area contributed by atoms with Crippen molar-refractivity contribution in [1.82, 2.24) is 14.7 Å². The highest BCUT2D eigenvalue weighted by Gasteiger charge is 2.33. The molecule has 0 N–H and O–H groups in total. The molecule has 2 aromatic carbocycles. The highest BCUT2D eigenvalue weighted by Crippen LogP contribution is 2.49. The maximum Gasteiger partial charge on any atom is 0.416 e. The summed E-state index contributed by atoms with van der Waals surface area (Å²) >= 11 is 1.52. The fraction of sp³-hybridized carbons (Fsp3) is 0.500. The Labute approximate surface area is 208 Å². The van der Waals surface area contributed by atoms with E-state index in [1.807, 2.05) is 34.1 Å². The molecule has 0 saturated carbocycles. The minimum Gasteiger partial charge on any atom is -0.340 e. The summed E-state index contributed by atoms with van der Waals surface area (Å²) in [5.74, 6) is 0.246. The van der Waals surface area contributed by atoms with E-state index in [1.165, 1.54) is 30.3 Å². The Kier molecular flexibility index (Phi) is 7.27. The Bertz CT molecular complexity index is 1050. The first-order chi connectivity index (χ1) is 16.9. The molecule has 0 spiro atoms. The number of fused-ring (bicyclic) bond motifs is 2. The molecule has 2 aromatic rings. The second-order valence-corrected chi connectivity index (χ2v) is 10.5. The number of rotatable bonds is 7. The normalized spacial score (nSPS) is 18.7. The Morgan fingerprint density at radius 1 is 0.829 bits per heavy atom. The van der Waals surface area contributed by atoms with Gasteiger partial charge in [0.25, 0.3) is 0 Å². The molecule has 5 rings (SSSR count). The van der Waals surface area contributed by atoms with E-state index < -0.39 is 11.7 Å². The van der Waals surface area contributed by atoms with Crippen LogP contribution in [0.3, 0.4) is 0 Å². The van der Waals surface area contributed by atoms with Crippen LogP contribution in [0.25, 0.3) is 0 Å². The third kappa shape index (κ3) is 5.62. The number of likely N-dealkylation sites (tertiary alicyclic amines) is 1. The largest absolute Gasteiger partial charge is 0.416 e. The molecule has 0 radical (unpaired) electrons. The van der Waals surface area contributed by atoms with Gasteiger partial charge in [0.1, 0.15) is 0 Å². The van der Waals surface area contributed by atoms with E-state index in [1.54, 1.807) is 6.07 Å². The van der Waals surface area contributed by atoms with E-state index >= 15 is 0 Å². The molecule has 3 aliphatic rings. The van der Waals surface area contributed by atoms with Crippen molar-refractivity contribution in [2.75, 3.05) is 63.8 Å². The summed E-state index contributed by atoms with van der Waals surface area (Å²) in [4.78, 5) is 23.1. The first kappa shape index (κ1) is 24.5. The Morgan fingerprint density at radius 3 is 2.26 bits per heavy atom. The Balaban J connectivity index is 1.17. The first-order valence-electron chi connectivity index (χ1n) is 12.4. The molecule has 9 heteroatoms. The second-order valence-electron chi connectivity index (χ2n) is 9.42. The Morgan fingerprint density at radius 2 is 1.54 bits per heavy atom. The number of alkyl halides is 3. The van der Waals surface area contributed by atoms with Crippen LogP contribution in [0.1, 0.15) is 24.8 Å². The van der Waals surface area contributed by atoms with Gasteiger partial charge in [0.2, 0.25) is 5.91 Å². The highest BCUT2D eigenvalue weighted by molar-refractivity contribution is 7.99. The van der Waals surface area contributed by atoms with Crippen LogP contribution in [0, 0.1) is 0 Å². The second kappa shape index (κ2) is 10.4. The van der Waals surface area contributed by atoms with Gasteiger partial charge in [-0.1, -0.05) is 23.9 Å². The SMILES string of the molecule is O=C(CCN1CCC1)N1CCN(CCCN2c3ccccc3Sc3ccc(C(F)(F)F)cc32)CC1. The summed E-state index contributed by atoms with van der Waals surface area (Å²) in [6.45, 7) is 7.78. The number of nitrogens with zero attached hydrogens (tertiary/aromatic N) is 4. The van der Waals surface area contributed by atoms with Crippen LogP contribution in [0.2, 0.25) is 0 Å². The van der Waals surface area contributed by atoms with Crippen LogP contribution in [-0.2, 0) is 11.0 Å². The molecule has 35 heavy (non-hydrogen) atoms. The van der Waals surface area contributed by atoms with Crippen molar-refractivity contribution in [2.24, 2.45) is 0 Å². The molecule has 3 heterocycles. The van der Waals surface area contributed by atoms with Crippen molar-refractivity contribution in [3.63, 3.8) is 0 Å². The number of carbonyl (C=O) groups excluding carboxylic acids is 1. The lowest BCUT2D eigenvalue weighted by atomic mass is 10.1. The van der Waals surface area contributed by atoms with Gasteiger partial charge in [0.05, 0.1) is 16.9 Å². The lowest BCUT2D eigenvalue weighted by Gasteiger charge is -2.37. The maximum absolute atomic E-state index is 13.4. The van der Waals surface area contributed by atoms with Crippen LogP contribution in [0.5, 0.6) is 0 Å². The van der Waals surface area contributed by atoms with Gasteiger partial charge in [-0.3, -0.25) is 9.69 Å². The zero-order chi connectivity index (χ0) is 24.4. The van der Waals surface area contributed by atoms with Crippen LogP contribution in [-0.4, -0.2) is 79.5 Å². The number of halogens is 3. The number of anilines is 2. The van der Waals surface area contributed by atoms with E-state index in [4.69, 9.17) is 0 Å². The lowest BCUT2D eigenvalue weighted by molar-refractivity contribution is -0.137. The van der Waals surface area contributed by atoms with E-state index in [9.17, 15) is 18.0 Å². The smallest absolute Gasteiger partial charge is 0.340 e. The quantitative estimate of drug-likeness (QED) is 0.533. The summed E-state index contributed by atoms with van der Waals surface area (Å²) in [7, 11) is 0. The molecule has 0 aromatic heterocycles. The molecule has 2 fully saturated rings. The molecule has 2 saturated heterocycles. The number of amides is 1. The molecule has 1 amide bonds. The fourth-order valence-corrected chi connectivity index (χ4v) is 6.01. The molecule has 0 atom stereocenters. The minimum atomic E-state index is -4.37. The van der Waals surface area contributed by atoms with Gasteiger partial charge in [0.15, 0.2) is 0 Å². The summed E-state index contributed by atoms with van der Waals surface area (Å²) < 4.78 is 40.2. The molecule has 5 nitrogen and oxygen atoms in total. The molecule has 0 aliphatic carbocycles. The van der Waals surface area contributed by atoms with Crippen molar-refractivity contribution in [3.05, 3.63) is 48.0 Å². The topological polar surface area (TPSA) is 30.0 Å². The van der Waals surface area contributed by atoms with Crippen molar-refractivity contribution < 1.29 is 18.0 Å². The zero-order valence-electron chi connectivity index (χ0n) is 19.8. The van der Waals surface area contributed by atoms with Crippen molar-refractivity contribution in [3.8, 4) is 0 Å². The molecule has 3 aliphatic heterocycles. The summed E-state index contributed by atoms with van der Waals surface area (Å²) in [6, 6.07) is 11.9. The highest BCUT2D eigenvalue weighted by atomic mass is 32.2. The van der Waals surface area contributed by atoms with Crippen molar-refractivity contribution in [2.45, 2.75) is 35.2 Å². The van der Waals surface area contributed by atoms with Gasteiger partial charge in [-0.05, 0) is 62.8 Å². The van der Waals surface area contributed by atoms with Crippen molar-refractivity contribution >= 4 is 29.0 Å². The predicted octanol–water partition coefficient (Wildman–Crippen LogP) is 4.94. The lowest BCUT2D eigenvalue weighted by Crippen LogP contribution is -2.50. The average molecular weight is 505 g/mol. The van der Waals surface area contributed by atoms with E-state index in [-0.39, 0.29) is 5.91 Å². The van der Waals surface area contributed by atoms with E-state index in [0.717, 1.165) is 74.3 Å². The standard InChI is InChI=1S/C26H31F3N4OS/c27-26(28,29)20-7-8-24-22(19-20)33(21-5-1-2-6-23(21)35-24)13-4-12-31-15-17-32(18-16-31)25(34)9-14-30-10-3-11-30/h1-2,5-8,19H,3-4,9-18H2. The van der Waals surface area contributed by atoms with Gasteiger partial charge < -0.3 is 14.7 Å². The van der Waals surface area contributed by atoms with Crippen molar-refractivity contribution in [1.29, 1.82) is 0 Å². The van der Waals surface area contributed by atoms with Gasteiger partial charge in [-0.2, -0.15) is 13.2 Å². The van der Waals surface area contributed by atoms with Gasteiger partial charge in [-0.25, -0.2) is 0 Å². The van der Waals surface area contributed by atoms with Gasteiger partial charge in [0, 0.05) is 55.5 Å². The minimum absolute atomic E-state index is 0.246. The fourth-order valence-electron chi connectivity index (χ4n) is 4.94. The Hall–Kier alpha value is -2.23. The van der Waals surface area contributed by atoms with Crippen LogP contribution < -0.4 is 4.90 Å². The monoisotopic (exact) mass is 504 g/mol. The number of hydrogen-bond acceptors (Lipinski definition) is 5. The number of carbonyl (C=O) groups is 1. The zero-order valence-corrected chi connectivity index (χ0v) is 20.6. The number of piperazine rings is 1. The van der Waals surface area contributed by atoms with Gasteiger partial charge in [-0.15, -0.1) is 0 Å². The summed E-state index contributed by atoms with van der Waals surface area (Å²) in [6.07, 6.45) is -1.69. The van der Waals surface area contributed by atoms with E-state index in [2.05, 4.69) is 9.80 Å². The number of hydrogen-bond donors (Lipinski definition) is 0. The van der Waals surface area contributed by atoms with Crippen LogP contribution in [0.4, 0.5) is 24.5 Å². The number of para-hydroxylation sites is 1.